The number of benzene rings is 1. The second-order valence-corrected chi connectivity index (χ2v) is 4.58. The van der Waals surface area contributed by atoms with E-state index in [1.807, 2.05) is 0 Å². The van der Waals surface area contributed by atoms with E-state index < -0.39 is 0 Å². The summed E-state index contributed by atoms with van der Waals surface area (Å²) < 4.78 is 4.92. The maximum atomic E-state index is 12.1. The zero-order valence-corrected chi connectivity index (χ0v) is 12.2. The monoisotopic (exact) mass is 306 g/mol. The molecule has 2 aromatic rings. The van der Waals surface area contributed by atoms with Crippen molar-refractivity contribution in [3.8, 4) is 0 Å². The Hall–Kier alpha value is -2.18. The standard InChI is InChI=1S/C14H15ClN4O2/c1-21-9-8-17-14-16-7-6-12(19-14)13(20)18-11-4-2-10(15)3-5-11/h2-7H,8-9H2,1H3,(H,18,20)(H,16,17,19). The van der Waals surface area contributed by atoms with Crippen molar-refractivity contribution in [2.24, 2.45) is 0 Å². The molecule has 6 nitrogen and oxygen atoms in total. The van der Waals surface area contributed by atoms with Crippen LogP contribution in [0, 0.1) is 0 Å². The number of ether oxygens (including phenoxy) is 1. The predicted molar refractivity (Wildman–Crippen MR) is 81.8 cm³/mol. The molecular formula is C14H15ClN4O2. The maximum absolute atomic E-state index is 12.1. The highest BCUT2D eigenvalue weighted by Crippen LogP contribution is 2.14. The Morgan fingerprint density at radius 1 is 1.29 bits per heavy atom. The van der Waals surface area contributed by atoms with Gasteiger partial charge in [-0.3, -0.25) is 4.79 Å². The summed E-state index contributed by atoms with van der Waals surface area (Å²) in [6.45, 7) is 1.10. The van der Waals surface area contributed by atoms with Crippen molar-refractivity contribution < 1.29 is 9.53 Å². The number of carbonyl (C=O) groups excluding carboxylic acids is 1. The molecule has 0 radical (unpaired) electrons. The third-order valence-corrected chi connectivity index (χ3v) is 2.83. The van der Waals surface area contributed by atoms with Gasteiger partial charge in [0.05, 0.1) is 6.61 Å². The number of nitrogens with one attached hydrogen (secondary N) is 2. The lowest BCUT2D eigenvalue weighted by atomic mass is 10.3. The van der Waals surface area contributed by atoms with E-state index in [9.17, 15) is 4.79 Å². The number of halogens is 1. The Morgan fingerprint density at radius 3 is 2.76 bits per heavy atom. The minimum atomic E-state index is -0.311. The second kappa shape index (κ2) is 7.56. The topological polar surface area (TPSA) is 76.1 Å². The van der Waals surface area contributed by atoms with Gasteiger partial charge in [-0.25, -0.2) is 9.97 Å². The van der Waals surface area contributed by atoms with Gasteiger partial charge in [-0.1, -0.05) is 11.6 Å². The smallest absolute Gasteiger partial charge is 0.274 e. The summed E-state index contributed by atoms with van der Waals surface area (Å²) in [7, 11) is 1.61. The highest BCUT2D eigenvalue weighted by molar-refractivity contribution is 6.30. The first-order valence-corrected chi connectivity index (χ1v) is 6.69. The van der Waals surface area contributed by atoms with Crippen LogP contribution >= 0.6 is 11.6 Å². The first-order chi connectivity index (χ1) is 10.2. The van der Waals surface area contributed by atoms with Crippen molar-refractivity contribution in [1.29, 1.82) is 0 Å². The summed E-state index contributed by atoms with van der Waals surface area (Å²) in [5.41, 5.74) is 0.928. The molecule has 110 valence electrons. The minimum Gasteiger partial charge on any atom is -0.383 e. The van der Waals surface area contributed by atoms with Crippen LogP contribution < -0.4 is 10.6 Å². The first kappa shape index (κ1) is 15.2. The van der Waals surface area contributed by atoms with Crippen molar-refractivity contribution in [2.75, 3.05) is 30.9 Å². The number of carbonyl (C=O) groups is 1. The van der Waals surface area contributed by atoms with Gasteiger partial charge in [-0.05, 0) is 30.3 Å². The summed E-state index contributed by atoms with van der Waals surface area (Å²) in [5, 5.41) is 6.32. The maximum Gasteiger partial charge on any atom is 0.274 e. The van der Waals surface area contributed by atoms with E-state index in [1.54, 1.807) is 37.4 Å². The number of anilines is 2. The molecule has 1 aromatic heterocycles. The average molecular weight is 307 g/mol. The molecule has 1 aromatic carbocycles. The predicted octanol–water partition coefficient (Wildman–Crippen LogP) is 2.44. The number of hydrogen-bond donors (Lipinski definition) is 2. The van der Waals surface area contributed by atoms with Crippen LogP contribution in [0.5, 0.6) is 0 Å². The van der Waals surface area contributed by atoms with Crippen molar-refractivity contribution in [1.82, 2.24) is 9.97 Å². The van der Waals surface area contributed by atoms with Crippen molar-refractivity contribution in [3.05, 3.63) is 47.2 Å². The molecule has 1 amide bonds. The minimum absolute atomic E-state index is 0.278. The van der Waals surface area contributed by atoms with Crippen LogP contribution in [0.4, 0.5) is 11.6 Å². The molecule has 7 heteroatoms. The van der Waals surface area contributed by atoms with Crippen LogP contribution in [0.15, 0.2) is 36.5 Å². The molecule has 2 rings (SSSR count). The SMILES string of the molecule is COCCNc1nccc(C(=O)Nc2ccc(Cl)cc2)n1. The van der Waals surface area contributed by atoms with E-state index in [2.05, 4.69) is 20.6 Å². The Balaban J connectivity index is 2.01. The lowest BCUT2D eigenvalue weighted by molar-refractivity contribution is 0.102. The van der Waals surface area contributed by atoms with Crippen LogP contribution in [0.3, 0.4) is 0 Å². The number of aromatic nitrogens is 2. The van der Waals surface area contributed by atoms with E-state index in [-0.39, 0.29) is 11.6 Å². The van der Waals surface area contributed by atoms with Gasteiger partial charge in [0.2, 0.25) is 5.95 Å². The molecule has 0 saturated heterocycles. The fourth-order valence-electron chi connectivity index (χ4n) is 1.56. The third-order valence-electron chi connectivity index (χ3n) is 2.58. The van der Waals surface area contributed by atoms with Gasteiger partial charge in [-0.15, -0.1) is 0 Å². The van der Waals surface area contributed by atoms with Crippen LogP contribution in [-0.2, 0) is 4.74 Å². The Bertz CT molecular complexity index is 604. The van der Waals surface area contributed by atoms with E-state index >= 15 is 0 Å². The van der Waals surface area contributed by atoms with Crippen LogP contribution in [0.2, 0.25) is 5.02 Å². The molecule has 21 heavy (non-hydrogen) atoms. The van der Waals surface area contributed by atoms with Gasteiger partial charge >= 0.3 is 0 Å². The van der Waals surface area contributed by atoms with Crippen LogP contribution in [-0.4, -0.2) is 36.1 Å². The molecule has 0 spiro atoms. The highest BCUT2D eigenvalue weighted by Gasteiger charge is 2.09. The quantitative estimate of drug-likeness (QED) is 0.802. The lowest BCUT2D eigenvalue weighted by Crippen LogP contribution is -2.16. The molecule has 2 N–H and O–H groups in total. The van der Waals surface area contributed by atoms with E-state index in [0.29, 0.717) is 29.8 Å². The first-order valence-electron chi connectivity index (χ1n) is 6.32. The number of amides is 1. The molecule has 1 heterocycles. The zero-order chi connectivity index (χ0) is 15.1. The van der Waals surface area contributed by atoms with Crippen LogP contribution in [0.1, 0.15) is 10.5 Å². The average Bonchev–Trinajstić information content (AvgIpc) is 2.50. The molecule has 0 saturated carbocycles. The Morgan fingerprint density at radius 2 is 2.05 bits per heavy atom. The van der Waals surface area contributed by atoms with Gasteiger partial charge in [0.25, 0.3) is 5.91 Å². The summed E-state index contributed by atoms with van der Waals surface area (Å²) in [6, 6.07) is 8.40. The number of rotatable bonds is 6. The molecule has 0 aliphatic heterocycles. The molecule has 0 unspecified atom stereocenters. The molecular weight excluding hydrogens is 292 g/mol. The summed E-state index contributed by atoms with van der Waals surface area (Å²) >= 11 is 5.79. The van der Waals surface area contributed by atoms with Crippen molar-refractivity contribution >= 4 is 29.1 Å². The van der Waals surface area contributed by atoms with Gasteiger partial charge in [0, 0.05) is 30.6 Å². The normalized spacial score (nSPS) is 10.2. The summed E-state index contributed by atoms with van der Waals surface area (Å²) in [6.07, 6.45) is 1.53. The fourth-order valence-corrected chi connectivity index (χ4v) is 1.69. The zero-order valence-electron chi connectivity index (χ0n) is 11.5. The van der Waals surface area contributed by atoms with Crippen molar-refractivity contribution in [2.45, 2.75) is 0 Å². The van der Waals surface area contributed by atoms with E-state index in [1.165, 1.54) is 6.20 Å². The third kappa shape index (κ3) is 4.70. The Kier molecular flexibility index (Phi) is 5.48. The number of nitrogens with zero attached hydrogens (tertiary/aromatic N) is 2. The summed E-state index contributed by atoms with van der Waals surface area (Å²) in [4.78, 5) is 20.3. The van der Waals surface area contributed by atoms with Gasteiger partial charge < -0.3 is 15.4 Å². The fraction of sp³-hybridized carbons (Fsp3) is 0.214. The van der Waals surface area contributed by atoms with Crippen molar-refractivity contribution in [3.63, 3.8) is 0 Å². The highest BCUT2D eigenvalue weighted by atomic mass is 35.5. The molecule has 0 aliphatic carbocycles. The van der Waals surface area contributed by atoms with Gasteiger partial charge in [0.15, 0.2) is 0 Å². The number of hydrogen-bond acceptors (Lipinski definition) is 5. The van der Waals surface area contributed by atoms with Gasteiger partial charge in [0.1, 0.15) is 5.69 Å². The lowest BCUT2D eigenvalue weighted by Gasteiger charge is -2.07. The largest absolute Gasteiger partial charge is 0.383 e. The van der Waals surface area contributed by atoms with Crippen LogP contribution in [0.25, 0.3) is 0 Å². The van der Waals surface area contributed by atoms with E-state index in [4.69, 9.17) is 16.3 Å². The van der Waals surface area contributed by atoms with E-state index in [0.717, 1.165) is 0 Å². The molecule has 0 aliphatic rings. The number of methoxy groups -OCH3 is 1. The molecule has 0 bridgehead atoms. The summed E-state index contributed by atoms with van der Waals surface area (Å²) in [5.74, 6) is 0.0744. The molecule has 0 atom stereocenters. The molecule has 0 fully saturated rings. The second-order valence-electron chi connectivity index (χ2n) is 4.15. The Labute approximate surface area is 127 Å². The van der Waals surface area contributed by atoms with Gasteiger partial charge in [-0.2, -0.15) is 0 Å².